The highest BCUT2D eigenvalue weighted by atomic mass is 16.1. The molecule has 1 aromatic rings. The summed E-state index contributed by atoms with van der Waals surface area (Å²) in [5.74, 6) is 0.0388. The lowest BCUT2D eigenvalue weighted by Gasteiger charge is -2.19. The molecule has 116 valence electrons. The van der Waals surface area contributed by atoms with E-state index < -0.39 is 0 Å². The van der Waals surface area contributed by atoms with Crippen LogP contribution in [0.1, 0.15) is 56.0 Å². The standard InChI is InChI=1S/C18H28N2O/c1-18(2,3)16-9-7-15(8-10-16)17(21)19-11-6-14-20-12-4-5-13-20/h7-10H,4-6,11-14H2,1-3H3,(H,19,21). The van der Waals surface area contributed by atoms with E-state index in [9.17, 15) is 4.79 Å². The molecule has 0 bridgehead atoms. The van der Waals surface area contributed by atoms with Gasteiger partial charge in [0.1, 0.15) is 0 Å². The summed E-state index contributed by atoms with van der Waals surface area (Å²) >= 11 is 0. The first kappa shape index (κ1) is 16.0. The molecule has 0 radical (unpaired) electrons. The number of carbonyl (C=O) groups is 1. The molecule has 0 aromatic heterocycles. The Labute approximate surface area is 128 Å². The molecule has 0 spiro atoms. The Morgan fingerprint density at radius 1 is 1.14 bits per heavy atom. The van der Waals surface area contributed by atoms with Gasteiger partial charge in [0, 0.05) is 12.1 Å². The fourth-order valence-electron chi connectivity index (χ4n) is 2.73. The molecule has 1 aliphatic heterocycles. The Morgan fingerprint density at radius 2 is 1.76 bits per heavy atom. The molecule has 0 unspecified atom stereocenters. The Bertz CT molecular complexity index is 453. The predicted octanol–water partition coefficient (Wildman–Crippen LogP) is 3.20. The Kier molecular flexibility index (Phi) is 5.40. The van der Waals surface area contributed by atoms with E-state index in [0.717, 1.165) is 25.1 Å². The van der Waals surface area contributed by atoms with Crippen molar-refractivity contribution in [2.24, 2.45) is 0 Å². The molecule has 1 aliphatic rings. The highest BCUT2D eigenvalue weighted by Crippen LogP contribution is 2.22. The molecular weight excluding hydrogens is 260 g/mol. The number of nitrogens with one attached hydrogen (secondary N) is 1. The van der Waals surface area contributed by atoms with E-state index in [4.69, 9.17) is 0 Å². The van der Waals surface area contributed by atoms with Crippen molar-refractivity contribution in [1.82, 2.24) is 10.2 Å². The SMILES string of the molecule is CC(C)(C)c1ccc(C(=O)NCCCN2CCCC2)cc1. The van der Waals surface area contributed by atoms with Crippen molar-refractivity contribution >= 4 is 5.91 Å². The zero-order valence-corrected chi connectivity index (χ0v) is 13.6. The van der Waals surface area contributed by atoms with Crippen molar-refractivity contribution in [2.75, 3.05) is 26.2 Å². The van der Waals surface area contributed by atoms with Gasteiger partial charge in [-0.25, -0.2) is 0 Å². The molecule has 3 heteroatoms. The van der Waals surface area contributed by atoms with E-state index in [1.54, 1.807) is 0 Å². The summed E-state index contributed by atoms with van der Waals surface area (Å²) in [5.41, 5.74) is 2.14. The van der Waals surface area contributed by atoms with E-state index in [1.165, 1.54) is 31.5 Å². The number of likely N-dealkylation sites (tertiary alicyclic amines) is 1. The Balaban J connectivity index is 1.75. The van der Waals surface area contributed by atoms with Crippen LogP contribution in [-0.2, 0) is 5.41 Å². The number of carbonyl (C=O) groups excluding carboxylic acids is 1. The predicted molar refractivity (Wildman–Crippen MR) is 87.8 cm³/mol. The van der Waals surface area contributed by atoms with E-state index in [0.29, 0.717) is 0 Å². The topological polar surface area (TPSA) is 32.3 Å². The maximum absolute atomic E-state index is 12.1. The lowest BCUT2D eigenvalue weighted by atomic mass is 9.87. The second-order valence-corrected chi connectivity index (χ2v) is 6.99. The van der Waals surface area contributed by atoms with Gasteiger partial charge in [-0.15, -0.1) is 0 Å². The van der Waals surface area contributed by atoms with Crippen LogP contribution in [0.4, 0.5) is 0 Å². The molecule has 1 amide bonds. The smallest absolute Gasteiger partial charge is 0.251 e. The summed E-state index contributed by atoms with van der Waals surface area (Å²) < 4.78 is 0. The van der Waals surface area contributed by atoms with Gasteiger partial charge >= 0.3 is 0 Å². The van der Waals surface area contributed by atoms with E-state index >= 15 is 0 Å². The Morgan fingerprint density at radius 3 is 2.33 bits per heavy atom. The first-order chi connectivity index (χ1) is 9.97. The number of rotatable bonds is 5. The summed E-state index contributed by atoms with van der Waals surface area (Å²) in [7, 11) is 0. The van der Waals surface area contributed by atoms with Crippen LogP contribution in [0.25, 0.3) is 0 Å². The van der Waals surface area contributed by atoms with Crippen molar-refractivity contribution in [3.05, 3.63) is 35.4 Å². The molecule has 1 fully saturated rings. The largest absolute Gasteiger partial charge is 0.352 e. The zero-order valence-electron chi connectivity index (χ0n) is 13.6. The van der Waals surface area contributed by atoms with Gasteiger partial charge in [-0.2, -0.15) is 0 Å². The van der Waals surface area contributed by atoms with Crippen LogP contribution in [-0.4, -0.2) is 37.0 Å². The third-order valence-electron chi connectivity index (χ3n) is 4.15. The number of hydrogen-bond donors (Lipinski definition) is 1. The van der Waals surface area contributed by atoms with Crippen molar-refractivity contribution in [3.63, 3.8) is 0 Å². The van der Waals surface area contributed by atoms with E-state index in [1.807, 2.05) is 12.1 Å². The van der Waals surface area contributed by atoms with E-state index in [-0.39, 0.29) is 11.3 Å². The number of hydrogen-bond acceptors (Lipinski definition) is 2. The molecule has 1 saturated heterocycles. The second kappa shape index (κ2) is 7.08. The minimum Gasteiger partial charge on any atom is -0.352 e. The lowest BCUT2D eigenvalue weighted by Crippen LogP contribution is -2.28. The summed E-state index contributed by atoms with van der Waals surface area (Å²) in [6, 6.07) is 7.96. The van der Waals surface area contributed by atoms with E-state index in [2.05, 4.69) is 43.1 Å². The minimum absolute atomic E-state index is 0.0388. The average molecular weight is 288 g/mol. The van der Waals surface area contributed by atoms with Crippen LogP contribution in [0.3, 0.4) is 0 Å². The number of amides is 1. The molecule has 1 heterocycles. The zero-order chi connectivity index (χ0) is 15.3. The highest BCUT2D eigenvalue weighted by molar-refractivity contribution is 5.94. The third kappa shape index (κ3) is 4.85. The average Bonchev–Trinajstić information content (AvgIpc) is 2.96. The van der Waals surface area contributed by atoms with Gasteiger partial charge in [0.05, 0.1) is 0 Å². The normalized spacial score (nSPS) is 16.1. The molecule has 2 rings (SSSR count). The monoisotopic (exact) mass is 288 g/mol. The first-order valence-electron chi connectivity index (χ1n) is 8.08. The van der Waals surface area contributed by atoms with Gasteiger partial charge in [0.15, 0.2) is 0 Å². The van der Waals surface area contributed by atoms with Crippen LogP contribution >= 0.6 is 0 Å². The molecule has 1 aromatic carbocycles. The first-order valence-corrected chi connectivity index (χ1v) is 8.08. The van der Waals surface area contributed by atoms with Crippen molar-refractivity contribution in [3.8, 4) is 0 Å². The summed E-state index contributed by atoms with van der Waals surface area (Å²) in [6.07, 6.45) is 3.69. The van der Waals surface area contributed by atoms with Crippen molar-refractivity contribution in [1.29, 1.82) is 0 Å². The summed E-state index contributed by atoms with van der Waals surface area (Å²) in [6.45, 7) is 10.9. The molecule has 0 aliphatic carbocycles. The van der Waals surface area contributed by atoms with Gasteiger partial charge in [-0.3, -0.25) is 4.79 Å². The fourth-order valence-corrected chi connectivity index (χ4v) is 2.73. The van der Waals surface area contributed by atoms with Crippen LogP contribution in [0.5, 0.6) is 0 Å². The van der Waals surface area contributed by atoms with Crippen LogP contribution in [0, 0.1) is 0 Å². The highest BCUT2D eigenvalue weighted by Gasteiger charge is 2.14. The Hall–Kier alpha value is -1.35. The minimum atomic E-state index is 0.0388. The molecule has 0 atom stereocenters. The summed E-state index contributed by atoms with van der Waals surface area (Å²) in [5, 5.41) is 3.02. The maximum Gasteiger partial charge on any atom is 0.251 e. The quantitative estimate of drug-likeness (QED) is 0.844. The molecule has 0 saturated carbocycles. The van der Waals surface area contributed by atoms with Crippen molar-refractivity contribution in [2.45, 2.75) is 45.4 Å². The van der Waals surface area contributed by atoms with Gasteiger partial charge < -0.3 is 10.2 Å². The van der Waals surface area contributed by atoms with Gasteiger partial charge in [0.2, 0.25) is 0 Å². The van der Waals surface area contributed by atoms with Crippen molar-refractivity contribution < 1.29 is 4.79 Å². The second-order valence-electron chi connectivity index (χ2n) is 6.99. The molecule has 21 heavy (non-hydrogen) atoms. The molecule has 1 N–H and O–H groups in total. The van der Waals surface area contributed by atoms with Gasteiger partial charge in [0.25, 0.3) is 5.91 Å². The summed E-state index contributed by atoms with van der Waals surface area (Å²) in [4.78, 5) is 14.6. The molecule has 3 nitrogen and oxygen atoms in total. The van der Waals surface area contributed by atoms with Crippen LogP contribution in [0.2, 0.25) is 0 Å². The van der Waals surface area contributed by atoms with Gasteiger partial charge in [-0.05, 0) is 62.0 Å². The molecular formula is C18H28N2O. The van der Waals surface area contributed by atoms with Gasteiger partial charge in [-0.1, -0.05) is 32.9 Å². The van der Waals surface area contributed by atoms with Crippen LogP contribution < -0.4 is 5.32 Å². The fraction of sp³-hybridized carbons (Fsp3) is 0.611. The lowest BCUT2D eigenvalue weighted by molar-refractivity contribution is 0.0952. The number of nitrogens with zero attached hydrogens (tertiary/aromatic N) is 1. The third-order valence-corrected chi connectivity index (χ3v) is 4.15. The van der Waals surface area contributed by atoms with Crippen LogP contribution in [0.15, 0.2) is 24.3 Å². The number of benzene rings is 1. The maximum atomic E-state index is 12.1.